The van der Waals surface area contributed by atoms with Crippen molar-refractivity contribution in [2.24, 2.45) is 0 Å². The standard InChI is InChI=1S/C10H11.Re/c1-2-6-10-8-4-3-7-9(10)5-1;/h1-3,5-6H,4,7-8H2;/q-1;. The summed E-state index contributed by atoms with van der Waals surface area (Å²) < 4.78 is 0. The van der Waals surface area contributed by atoms with Crippen LogP contribution in [0.4, 0.5) is 0 Å². The summed E-state index contributed by atoms with van der Waals surface area (Å²) in [6, 6.07) is 8.72. The van der Waals surface area contributed by atoms with Crippen molar-refractivity contribution >= 4 is 0 Å². The molecule has 0 aliphatic heterocycles. The van der Waals surface area contributed by atoms with Crippen molar-refractivity contribution in [3.05, 3.63) is 41.8 Å². The summed E-state index contributed by atoms with van der Waals surface area (Å²) in [6.45, 7) is 0. The third-order valence-electron chi connectivity index (χ3n) is 2.10. The van der Waals surface area contributed by atoms with Crippen LogP contribution in [0, 0.1) is 6.42 Å². The molecular formula is C10H11Re-. The Morgan fingerprint density at radius 2 is 1.82 bits per heavy atom. The number of hydrogen-bond donors (Lipinski definition) is 0. The van der Waals surface area contributed by atoms with Gasteiger partial charge in [0.05, 0.1) is 0 Å². The Morgan fingerprint density at radius 1 is 1.09 bits per heavy atom. The second kappa shape index (κ2) is 4.05. The number of benzene rings is 1. The maximum atomic E-state index is 2.36. The van der Waals surface area contributed by atoms with Crippen molar-refractivity contribution in [2.45, 2.75) is 19.3 Å². The molecule has 0 N–H and O–H groups in total. The van der Waals surface area contributed by atoms with Crippen LogP contribution in [-0.4, -0.2) is 0 Å². The molecule has 1 radical (unpaired) electrons. The Kier molecular flexibility index (Phi) is 3.30. The molecule has 11 heavy (non-hydrogen) atoms. The van der Waals surface area contributed by atoms with E-state index in [4.69, 9.17) is 0 Å². The molecule has 2 rings (SSSR count). The van der Waals surface area contributed by atoms with E-state index in [2.05, 4.69) is 30.7 Å². The average molecular weight is 317 g/mol. The van der Waals surface area contributed by atoms with Gasteiger partial charge in [0, 0.05) is 20.4 Å². The Hall–Kier alpha value is -0.118. The predicted octanol–water partition coefficient (Wildman–Crippen LogP) is 2.38. The number of rotatable bonds is 0. The molecule has 0 bridgehead atoms. The van der Waals surface area contributed by atoms with E-state index in [-0.39, 0.29) is 20.4 Å². The van der Waals surface area contributed by atoms with E-state index in [0.717, 1.165) is 0 Å². The van der Waals surface area contributed by atoms with Crippen molar-refractivity contribution in [2.75, 3.05) is 0 Å². The summed E-state index contributed by atoms with van der Waals surface area (Å²) in [5.41, 5.74) is 3.07. The van der Waals surface area contributed by atoms with Crippen LogP contribution in [0.2, 0.25) is 0 Å². The van der Waals surface area contributed by atoms with Crippen molar-refractivity contribution in [1.29, 1.82) is 0 Å². The number of fused-ring (bicyclic) bond motifs is 1. The van der Waals surface area contributed by atoms with Gasteiger partial charge >= 0.3 is 0 Å². The fraction of sp³-hybridized carbons (Fsp3) is 0.300. The van der Waals surface area contributed by atoms with E-state index in [0.29, 0.717) is 0 Å². The molecule has 0 saturated heterocycles. The van der Waals surface area contributed by atoms with Crippen LogP contribution in [0.15, 0.2) is 24.3 Å². The SMILES string of the molecule is [Re].c1ccc2c(c1)C[CH-]CC2. The first kappa shape index (κ1) is 8.97. The Labute approximate surface area is 81.7 Å². The van der Waals surface area contributed by atoms with E-state index in [1.165, 1.54) is 24.8 Å². The molecule has 0 spiro atoms. The quantitative estimate of drug-likeness (QED) is 0.645. The Morgan fingerprint density at radius 3 is 2.55 bits per heavy atom. The molecule has 59 valence electrons. The van der Waals surface area contributed by atoms with E-state index in [1.54, 1.807) is 5.56 Å². The Balaban J connectivity index is 0.000000605. The monoisotopic (exact) mass is 318 g/mol. The van der Waals surface area contributed by atoms with Crippen LogP contribution in [0.3, 0.4) is 0 Å². The van der Waals surface area contributed by atoms with Gasteiger partial charge in [-0.25, -0.2) is 0 Å². The van der Waals surface area contributed by atoms with Gasteiger partial charge in [-0.15, -0.1) is 0 Å². The smallest absolute Gasteiger partial charge is 0 e. The summed E-state index contributed by atoms with van der Waals surface area (Å²) in [5.74, 6) is 0. The van der Waals surface area contributed by atoms with Gasteiger partial charge in [-0.2, -0.15) is 12.8 Å². The maximum Gasteiger partial charge on any atom is 0 e. The first-order valence-corrected chi connectivity index (χ1v) is 3.85. The minimum absolute atomic E-state index is 0. The molecule has 1 aromatic carbocycles. The number of hydrogen-bond acceptors (Lipinski definition) is 0. The third kappa shape index (κ3) is 1.92. The zero-order valence-corrected chi connectivity index (χ0v) is 9.10. The average Bonchev–Trinajstić information content (AvgIpc) is 2.05. The molecule has 0 atom stereocenters. The molecule has 0 heterocycles. The van der Waals surface area contributed by atoms with Crippen molar-refractivity contribution in [1.82, 2.24) is 0 Å². The van der Waals surface area contributed by atoms with Crippen LogP contribution >= 0.6 is 0 Å². The summed E-state index contributed by atoms with van der Waals surface area (Å²) in [4.78, 5) is 0. The zero-order valence-electron chi connectivity index (χ0n) is 6.39. The molecule has 0 amide bonds. The van der Waals surface area contributed by atoms with Crippen molar-refractivity contribution in [3.8, 4) is 0 Å². The van der Waals surface area contributed by atoms with E-state index < -0.39 is 0 Å². The summed E-state index contributed by atoms with van der Waals surface area (Å²) in [7, 11) is 0. The second-order valence-electron chi connectivity index (χ2n) is 2.80. The molecule has 1 aromatic rings. The minimum atomic E-state index is 0. The van der Waals surface area contributed by atoms with Crippen molar-refractivity contribution in [3.63, 3.8) is 0 Å². The molecule has 1 heteroatoms. The third-order valence-corrected chi connectivity index (χ3v) is 2.10. The van der Waals surface area contributed by atoms with Gasteiger partial charge in [-0.3, -0.25) is 0 Å². The molecular weight excluding hydrogens is 306 g/mol. The molecule has 0 saturated carbocycles. The van der Waals surface area contributed by atoms with Gasteiger partial charge in [0.2, 0.25) is 0 Å². The van der Waals surface area contributed by atoms with Gasteiger partial charge < -0.3 is 6.42 Å². The maximum absolute atomic E-state index is 2.36. The van der Waals surface area contributed by atoms with Gasteiger partial charge in [-0.1, -0.05) is 36.2 Å². The van der Waals surface area contributed by atoms with Gasteiger partial charge in [0.1, 0.15) is 0 Å². The van der Waals surface area contributed by atoms with E-state index in [9.17, 15) is 0 Å². The topological polar surface area (TPSA) is 0 Å². The largest absolute Gasteiger partial charge is 0.324 e. The van der Waals surface area contributed by atoms with Crippen LogP contribution in [0.25, 0.3) is 0 Å². The molecule has 1 aliphatic carbocycles. The fourth-order valence-electron chi connectivity index (χ4n) is 1.52. The Bertz CT molecular complexity index is 205. The molecule has 1 aliphatic rings. The van der Waals surface area contributed by atoms with E-state index >= 15 is 0 Å². The normalized spacial score (nSPS) is 14.9. The van der Waals surface area contributed by atoms with Gasteiger partial charge in [-0.05, 0) is 5.56 Å². The second-order valence-corrected chi connectivity index (χ2v) is 2.80. The van der Waals surface area contributed by atoms with Gasteiger partial charge in [0.15, 0.2) is 0 Å². The number of aryl methyl sites for hydroxylation is 1. The van der Waals surface area contributed by atoms with Crippen molar-refractivity contribution < 1.29 is 20.4 Å². The summed E-state index contributed by atoms with van der Waals surface area (Å²) in [6.07, 6.45) is 6.05. The first-order valence-electron chi connectivity index (χ1n) is 3.85. The molecule has 0 fully saturated rings. The van der Waals surface area contributed by atoms with Gasteiger partial charge in [0.25, 0.3) is 0 Å². The summed E-state index contributed by atoms with van der Waals surface area (Å²) in [5, 5.41) is 0. The van der Waals surface area contributed by atoms with Crippen LogP contribution in [0.1, 0.15) is 17.5 Å². The molecule has 0 aromatic heterocycles. The first-order chi connectivity index (χ1) is 4.97. The molecule has 0 unspecified atom stereocenters. The van der Waals surface area contributed by atoms with Crippen LogP contribution in [-0.2, 0) is 33.3 Å². The molecule has 0 nitrogen and oxygen atoms in total. The van der Waals surface area contributed by atoms with Crippen LogP contribution in [0.5, 0.6) is 0 Å². The summed E-state index contributed by atoms with van der Waals surface area (Å²) >= 11 is 0. The fourth-order valence-corrected chi connectivity index (χ4v) is 1.52. The predicted molar refractivity (Wildman–Crippen MR) is 42.8 cm³/mol. The zero-order chi connectivity index (χ0) is 6.81. The van der Waals surface area contributed by atoms with Crippen LogP contribution < -0.4 is 0 Å². The van der Waals surface area contributed by atoms with E-state index in [1.807, 2.05) is 0 Å². The minimum Gasteiger partial charge on any atom is -0.324 e.